The van der Waals surface area contributed by atoms with Crippen molar-refractivity contribution in [1.82, 2.24) is 0 Å². The van der Waals surface area contributed by atoms with Gasteiger partial charge in [0, 0.05) is 11.1 Å². The van der Waals surface area contributed by atoms with Crippen molar-refractivity contribution in [3.8, 4) is 0 Å². The summed E-state index contributed by atoms with van der Waals surface area (Å²) in [6, 6.07) is 3.52. The van der Waals surface area contributed by atoms with Crippen molar-refractivity contribution in [2.24, 2.45) is 0 Å². The first kappa shape index (κ1) is 10.2. The van der Waals surface area contributed by atoms with Crippen molar-refractivity contribution < 1.29 is 8.78 Å². The summed E-state index contributed by atoms with van der Waals surface area (Å²) in [5, 5.41) is 0.476. The molecule has 13 heavy (non-hydrogen) atoms. The minimum Gasteiger partial charge on any atom is -0.207 e. The fourth-order valence-electron chi connectivity index (χ4n) is 0.995. The Morgan fingerprint density at radius 2 is 2.08 bits per heavy atom. The van der Waals surface area contributed by atoms with Gasteiger partial charge in [-0.05, 0) is 24.5 Å². The summed E-state index contributed by atoms with van der Waals surface area (Å²) in [5.41, 5.74) is 0.461. The second-order valence-corrected chi connectivity index (χ2v) is 3.29. The highest BCUT2D eigenvalue weighted by Gasteiger charge is 2.03. The van der Waals surface area contributed by atoms with Gasteiger partial charge in [0.15, 0.2) is 0 Å². The summed E-state index contributed by atoms with van der Waals surface area (Å²) in [6.07, 6.45) is 0.957. The van der Waals surface area contributed by atoms with E-state index < -0.39 is 11.6 Å². The number of benzene rings is 1. The van der Waals surface area contributed by atoms with Crippen LogP contribution in [0.15, 0.2) is 29.8 Å². The molecule has 0 aromatic heterocycles. The summed E-state index contributed by atoms with van der Waals surface area (Å²) >= 11 is 5.52. The maximum Gasteiger partial charge on any atom is 0.129 e. The first-order chi connectivity index (χ1) is 6.09. The third kappa shape index (κ3) is 3.15. The van der Waals surface area contributed by atoms with Crippen LogP contribution in [0.1, 0.15) is 12.0 Å². The van der Waals surface area contributed by atoms with Gasteiger partial charge in [0.05, 0.1) is 0 Å². The average Bonchev–Trinajstić information content (AvgIpc) is 2.02. The third-order valence-electron chi connectivity index (χ3n) is 1.68. The van der Waals surface area contributed by atoms with Crippen LogP contribution in [-0.4, -0.2) is 0 Å². The van der Waals surface area contributed by atoms with Gasteiger partial charge in [-0.25, -0.2) is 8.78 Å². The number of hydrogen-bond donors (Lipinski definition) is 0. The number of aryl methyl sites for hydroxylation is 1. The molecule has 0 spiro atoms. The Bertz CT molecular complexity index is 321. The van der Waals surface area contributed by atoms with Crippen LogP contribution in [0.5, 0.6) is 0 Å². The molecule has 0 saturated carbocycles. The predicted octanol–water partition coefficient (Wildman–Crippen LogP) is 3.65. The van der Waals surface area contributed by atoms with E-state index in [2.05, 4.69) is 6.58 Å². The van der Waals surface area contributed by atoms with E-state index in [0.29, 0.717) is 23.4 Å². The number of rotatable bonds is 3. The van der Waals surface area contributed by atoms with Gasteiger partial charge in [0.25, 0.3) is 0 Å². The molecule has 0 saturated heterocycles. The molecule has 1 rings (SSSR count). The molecule has 1 aromatic rings. The zero-order chi connectivity index (χ0) is 9.84. The first-order valence-electron chi connectivity index (χ1n) is 3.87. The minimum absolute atomic E-state index is 0.453. The van der Waals surface area contributed by atoms with Crippen LogP contribution < -0.4 is 0 Å². The van der Waals surface area contributed by atoms with Gasteiger partial charge in [0.2, 0.25) is 0 Å². The fourth-order valence-corrected chi connectivity index (χ4v) is 1.09. The number of halogens is 3. The standard InChI is InChI=1S/C10H9ClF2/c1-7(11)2-3-8-4-5-9(12)6-10(8)13/h4-6H,1-3H2. The van der Waals surface area contributed by atoms with E-state index in [4.69, 9.17) is 11.6 Å². The average molecular weight is 203 g/mol. The lowest BCUT2D eigenvalue weighted by Gasteiger charge is -2.01. The summed E-state index contributed by atoms with van der Waals surface area (Å²) in [7, 11) is 0. The molecule has 0 atom stereocenters. The lowest BCUT2D eigenvalue weighted by Crippen LogP contribution is -1.91. The van der Waals surface area contributed by atoms with E-state index >= 15 is 0 Å². The number of hydrogen-bond acceptors (Lipinski definition) is 0. The smallest absolute Gasteiger partial charge is 0.129 e. The van der Waals surface area contributed by atoms with Gasteiger partial charge in [-0.3, -0.25) is 0 Å². The SMILES string of the molecule is C=C(Cl)CCc1ccc(F)cc1F. The van der Waals surface area contributed by atoms with E-state index in [-0.39, 0.29) is 0 Å². The normalized spacial score (nSPS) is 10.1. The highest BCUT2D eigenvalue weighted by Crippen LogP contribution is 2.14. The highest BCUT2D eigenvalue weighted by atomic mass is 35.5. The van der Waals surface area contributed by atoms with Gasteiger partial charge in [-0.1, -0.05) is 24.2 Å². The Kier molecular flexibility index (Phi) is 3.43. The summed E-state index contributed by atoms with van der Waals surface area (Å²) in [6.45, 7) is 3.49. The molecule has 0 radical (unpaired) electrons. The van der Waals surface area contributed by atoms with Crippen LogP contribution in [0.25, 0.3) is 0 Å². The molecule has 0 N–H and O–H groups in total. The quantitative estimate of drug-likeness (QED) is 0.702. The van der Waals surface area contributed by atoms with Crippen LogP contribution in [0.4, 0.5) is 8.78 Å². The molecule has 0 bridgehead atoms. The highest BCUT2D eigenvalue weighted by molar-refractivity contribution is 6.29. The van der Waals surface area contributed by atoms with E-state index in [9.17, 15) is 8.78 Å². The van der Waals surface area contributed by atoms with Crippen molar-refractivity contribution in [1.29, 1.82) is 0 Å². The van der Waals surface area contributed by atoms with Gasteiger partial charge in [-0.2, -0.15) is 0 Å². The molecule has 0 aliphatic heterocycles. The van der Waals surface area contributed by atoms with Gasteiger partial charge in [-0.15, -0.1) is 0 Å². The Morgan fingerprint density at radius 1 is 1.38 bits per heavy atom. The lowest BCUT2D eigenvalue weighted by molar-refractivity contribution is 0.572. The van der Waals surface area contributed by atoms with Crippen LogP contribution >= 0.6 is 11.6 Å². The molecule has 70 valence electrons. The molecule has 0 amide bonds. The van der Waals surface area contributed by atoms with E-state index in [1.54, 1.807) is 0 Å². The fraction of sp³-hybridized carbons (Fsp3) is 0.200. The molecule has 0 aliphatic carbocycles. The molecule has 3 heteroatoms. The lowest BCUT2D eigenvalue weighted by atomic mass is 10.1. The van der Waals surface area contributed by atoms with Crippen LogP contribution in [0, 0.1) is 11.6 Å². The number of allylic oxidation sites excluding steroid dienone is 1. The Labute approximate surface area is 80.8 Å². The van der Waals surface area contributed by atoms with Crippen molar-refractivity contribution in [3.05, 3.63) is 47.0 Å². The molecule has 0 fully saturated rings. The second kappa shape index (κ2) is 4.38. The van der Waals surface area contributed by atoms with Crippen LogP contribution in [0.3, 0.4) is 0 Å². The maximum atomic E-state index is 13.0. The third-order valence-corrected chi connectivity index (χ3v) is 1.87. The van der Waals surface area contributed by atoms with Crippen molar-refractivity contribution in [2.45, 2.75) is 12.8 Å². The zero-order valence-electron chi connectivity index (χ0n) is 6.99. The van der Waals surface area contributed by atoms with E-state index in [1.165, 1.54) is 12.1 Å². The van der Waals surface area contributed by atoms with Gasteiger partial charge < -0.3 is 0 Å². The molecular formula is C10H9ClF2. The molecule has 0 heterocycles. The Morgan fingerprint density at radius 3 is 2.62 bits per heavy atom. The molecular weight excluding hydrogens is 194 g/mol. The van der Waals surface area contributed by atoms with Crippen molar-refractivity contribution in [3.63, 3.8) is 0 Å². The second-order valence-electron chi connectivity index (χ2n) is 2.75. The molecule has 0 aliphatic rings. The van der Waals surface area contributed by atoms with E-state index in [1.807, 2.05) is 0 Å². The largest absolute Gasteiger partial charge is 0.207 e. The topological polar surface area (TPSA) is 0 Å². The minimum atomic E-state index is -0.564. The van der Waals surface area contributed by atoms with Gasteiger partial charge >= 0.3 is 0 Å². The van der Waals surface area contributed by atoms with E-state index in [0.717, 1.165) is 6.07 Å². The maximum absolute atomic E-state index is 13.0. The van der Waals surface area contributed by atoms with Crippen molar-refractivity contribution >= 4 is 11.6 Å². The molecule has 0 nitrogen and oxygen atoms in total. The molecule has 0 unspecified atom stereocenters. The molecule has 1 aromatic carbocycles. The monoisotopic (exact) mass is 202 g/mol. The van der Waals surface area contributed by atoms with Crippen LogP contribution in [0.2, 0.25) is 0 Å². The van der Waals surface area contributed by atoms with Gasteiger partial charge in [0.1, 0.15) is 11.6 Å². The zero-order valence-corrected chi connectivity index (χ0v) is 7.74. The predicted molar refractivity (Wildman–Crippen MR) is 49.7 cm³/mol. The summed E-state index contributed by atoms with van der Waals surface area (Å²) in [5.74, 6) is -1.09. The summed E-state index contributed by atoms with van der Waals surface area (Å²) in [4.78, 5) is 0. The summed E-state index contributed by atoms with van der Waals surface area (Å²) < 4.78 is 25.5. The van der Waals surface area contributed by atoms with Crippen LogP contribution in [-0.2, 0) is 6.42 Å². The van der Waals surface area contributed by atoms with Crippen molar-refractivity contribution in [2.75, 3.05) is 0 Å². The first-order valence-corrected chi connectivity index (χ1v) is 4.24. The Balaban J connectivity index is 2.72. The Hall–Kier alpha value is -0.890.